The number of piperidine rings is 1. The minimum absolute atomic E-state index is 0.0135. The third-order valence-electron chi connectivity index (χ3n) is 9.65. The van der Waals surface area contributed by atoms with Crippen molar-refractivity contribution in [2.24, 2.45) is 28.9 Å². The summed E-state index contributed by atoms with van der Waals surface area (Å²) in [5.41, 5.74) is 4.02. The first-order valence-corrected chi connectivity index (χ1v) is 17.4. The first-order valence-electron chi connectivity index (χ1n) is 15.8. The molecule has 2 aliphatic carbocycles. The van der Waals surface area contributed by atoms with Crippen molar-refractivity contribution in [2.45, 2.75) is 102 Å². The van der Waals surface area contributed by atoms with Crippen LogP contribution in [0, 0.1) is 23.2 Å². The second-order valence-corrected chi connectivity index (χ2v) is 16.2. The Kier molecular flexibility index (Phi) is 10.0. The Morgan fingerprint density at radius 3 is 2.18 bits per heavy atom. The van der Waals surface area contributed by atoms with Crippen LogP contribution in [0.25, 0.3) is 0 Å². The molecule has 0 spiro atoms. The van der Waals surface area contributed by atoms with Gasteiger partial charge >= 0.3 is 6.03 Å². The number of likely N-dealkylation sites (tertiary alicyclic amines) is 1. The van der Waals surface area contributed by atoms with E-state index in [4.69, 9.17) is 5.73 Å². The highest BCUT2D eigenvalue weighted by molar-refractivity contribution is 7.91. The summed E-state index contributed by atoms with van der Waals surface area (Å²) in [6.45, 7) is 9.82. The summed E-state index contributed by atoms with van der Waals surface area (Å²) in [4.78, 5) is 67.0. The van der Waals surface area contributed by atoms with Crippen LogP contribution in [0.3, 0.4) is 0 Å². The Balaban J connectivity index is 1.49. The second-order valence-electron chi connectivity index (χ2n) is 14.2. The van der Waals surface area contributed by atoms with Gasteiger partial charge < -0.3 is 26.6 Å². The summed E-state index contributed by atoms with van der Waals surface area (Å²) >= 11 is 0. The van der Waals surface area contributed by atoms with Gasteiger partial charge in [-0.15, -0.1) is 0 Å². The maximum atomic E-state index is 14.1. The Morgan fingerprint density at radius 2 is 1.64 bits per heavy atom. The highest BCUT2D eigenvalue weighted by Gasteiger charge is 2.49. The Labute approximate surface area is 265 Å². The summed E-state index contributed by atoms with van der Waals surface area (Å²) < 4.78 is 26.0. The van der Waals surface area contributed by atoms with Gasteiger partial charge in [0.2, 0.25) is 17.6 Å². The number of amides is 5. The first-order chi connectivity index (χ1) is 20.9. The monoisotopic (exact) mass is 645 g/mol. The molecule has 2 unspecified atom stereocenters. The molecule has 5 amide bonds. The number of benzene rings is 1. The lowest BCUT2D eigenvalue weighted by atomic mass is 9.71. The lowest BCUT2D eigenvalue weighted by Gasteiger charge is -2.48. The van der Waals surface area contributed by atoms with Gasteiger partial charge in [-0.05, 0) is 61.0 Å². The lowest BCUT2D eigenvalue weighted by Crippen LogP contribution is -2.64. The molecule has 3 fully saturated rings. The van der Waals surface area contributed by atoms with E-state index in [9.17, 15) is 32.4 Å². The Hall–Kier alpha value is -3.48. The van der Waals surface area contributed by atoms with Gasteiger partial charge in [0.1, 0.15) is 12.1 Å². The molecule has 1 aromatic rings. The molecule has 0 bridgehead atoms. The fourth-order valence-corrected chi connectivity index (χ4v) is 7.78. The number of hydrogen-bond acceptors (Lipinski definition) is 7. The Bertz CT molecular complexity index is 1420. The van der Waals surface area contributed by atoms with Crippen LogP contribution in [0.4, 0.5) is 4.79 Å². The summed E-state index contributed by atoms with van der Waals surface area (Å²) in [7, 11) is -3.65. The molecule has 2 saturated carbocycles. The third kappa shape index (κ3) is 8.42. The fourth-order valence-electron chi connectivity index (χ4n) is 5.96. The zero-order chi connectivity index (χ0) is 33.3. The molecule has 5 N–H and O–H groups in total. The molecule has 3 aliphatic rings. The van der Waals surface area contributed by atoms with Crippen LogP contribution in [0.2, 0.25) is 0 Å². The van der Waals surface area contributed by atoms with E-state index >= 15 is 0 Å². The minimum Gasteiger partial charge on any atom is -0.363 e. The maximum Gasteiger partial charge on any atom is 0.315 e. The Morgan fingerprint density at radius 1 is 1.02 bits per heavy atom. The van der Waals surface area contributed by atoms with Crippen molar-refractivity contribution >= 4 is 39.4 Å². The summed E-state index contributed by atoms with van der Waals surface area (Å²) in [6, 6.07) is 4.38. The quantitative estimate of drug-likeness (QED) is 0.236. The van der Waals surface area contributed by atoms with E-state index in [1.165, 1.54) is 17.0 Å². The van der Waals surface area contributed by atoms with Crippen molar-refractivity contribution < 1.29 is 32.4 Å². The van der Waals surface area contributed by atoms with E-state index in [2.05, 4.69) is 16.0 Å². The number of primary amides is 1. The average Bonchev–Trinajstić information content (AvgIpc) is 3.90. The molecule has 0 radical (unpaired) electrons. The normalized spacial score (nSPS) is 23.4. The number of nitrogens with one attached hydrogen (secondary N) is 3. The molecule has 4 atom stereocenters. The predicted octanol–water partition coefficient (Wildman–Crippen LogP) is 1.92. The SMILES string of the molecule is CC(C)[C@H](NC(=O)NC1(CS(=O)(=O)c2ccccc2)CC1)C(=O)N1CC(C)C(C)(C)C[C@H]1C(=O)NC(CC1CC1)C(=O)C(N)=O. The molecule has 12 nitrogen and oxygen atoms in total. The number of rotatable bonds is 13. The molecule has 0 aromatic heterocycles. The van der Waals surface area contributed by atoms with E-state index in [-0.39, 0.29) is 40.4 Å². The zero-order valence-corrected chi connectivity index (χ0v) is 27.6. The van der Waals surface area contributed by atoms with Gasteiger partial charge in [-0.1, -0.05) is 65.7 Å². The van der Waals surface area contributed by atoms with Crippen LogP contribution >= 0.6 is 0 Å². The van der Waals surface area contributed by atoms with Crippen molar-refractivity contribution in [3.8, 4) is 0 Å². The standard InChI is InChI=1S/C32H47N5O7S/c1-19(2)25(35-30(42)36-32(13-14-32)18-45(43,44)22-9-7-6-8-10-22)29(41)37-17-20(3)31(4,5)16-24(37)28(40)34-23(15-21-11-12-21)26(38)27(33)39/h6-10,19-21,23-25H,11-18H2,1-5H3,(H2,33,39)(H,34,40)(H2,35,36,42)/t20?,23?,24-,25-/m0/s1. The van der Waals surface area contributed by atoms with Gasteiger partial charge in [0.15, 0.2) is 9.84 Å². The van der Waals surface area contributed by atoms with Crippen molar-refractivity contribution in [1.82, 2.24) is 20.9 Å². The predicted molar refractivity (Wildman–Crippen MR) is 167 cm³/mol. The van der Waals surface area contributed by atoms with Crippen molar-refractivity contribution in [1.29, 1.82) is 0 Å². The van der Waals surface area contributed by atoms with E-state index in [0.29, 0.717) is 25.7 Å². The number of carbonyl (C=O) groups is 5. The van der Waals surface area contributed by atoms with Crippen LogP contribution in [-0.4, -0.2) is 78.8 Å². The number of carbonyl (C=O) groups excluding carboxylic acids is 5. The highest BCUT2D eigenvalue weighted by Crippen LogP contribution is 2.40. The van der Waals surface area contributed by atoms with Crippen LogP contribution in [0.1, 0.15) is 73.1 Å². The summed E-state index contributed by atoms with van der Waals surface area (Å²) in [5, 5.41) is 8.28. The molecule has 13 heteroatoms. The molecule has 1 aromatic carbocycles. The number of ketones is 1. The summed E-state index contributed by atoms with van der Waals surface area (Å²) in [5.74, 6) is -3.36. The molecular weight excluding hydrogens is 598 g/mol. The van der Waals surface area contributed by atoms with Crippen LogP contribution in [0.5, 0.6) is 0 Å². The van der Waals surface area contributed by atoms with E-state index in [0.717, 1.165) is 12.8 Å². The molecule has 1 heterocycles. The maximum absolute atomic E-state index is 14.1. The van der Waals surface area contributed by atoms with E-state index in [1.807, 2.05) is 20.8 Å². The van der Waals surface area contributed by atoms with Crippen LogP contribution < -0.4 is 21.7 Å². The van der Waals surface area contributed by atoms with Crippen molar-refractivity contribution in [3.63, 3.8) is 0 Å². The van der Waals surface area contributed by atoms with Gasteiger partial charge in [-0.2, -0.15) is 0 Å². The number of nitrogens with two attached hydrogens (primary N) is 1. The molecule has 4 rings (SSSR count). The topological polar surface area (TPSA) is 185 Å². The number of nitrogens with zero attached hydrogens (tertiary/aromatic N) is 1. The van der Waals surface area contributed by atoms with Crippen molar-refractivity contribution in [3.05, 3.63) is 30.3 Å². The van der Waals surface area contributed by atoms with Gasteiger partial charge in [-0.25, -0.2) is 13.2 Å². The fraction of sp³-hybridized carbons (Fsp3) is 0.656. The number of urea groups is 1. The largest absolute Gasteiger partial charge is 0.363 e. The molecule has 1 aliphatic heterocycles. The van der Waals surface area contributed by atoms with Crippen LogP contribution in [-0.2, 0) is 29.0 Å². The smallest absolute Gasteiger partial charge is 0.315 e. The summed E-state index contributed by atoms with van der Waals surface area (Å²) in [6.07, 6.45) is 3.40. The lowest BCUT2D eigenvalue weighted by molar-refractivity contribution is -0.150. The number of hydrogen-bond donors (Lipinski definition) is 4. The molecule has 1 saturated heterocycles. The third-order valence-corrected chi connectivity index (χ3v) is 11.6. The number of Topliss-reactive ketones (excluding diaryl/α,β-unsaturated/α-hetero) is 1. The van der Waals surface area contributed by atoms with Crippen LogP contribution in [0.15, 0.2) is 35.2 Å². The number of sulfone groups is 1. The first kappa shape index (κ1) is 34.4. The van der Waals surface area contributed by atoms with Gasteiger partial charge in [0.05, 0.1) is 22.2 Å². The van der Waals surface area contributed by atoms with Gasteiger partial charge in [0.25, 0.3) is 5.91 Å². The highest BCUT2D eigenvalue weighted by atomic mass is 32.2. The van der Waals surface area contributed by atoms with E-state index in [1.54, 1.807) is 32.0 Å². The van der Waals surface area contributed by atoms with Gasteiger partial charge in [0, 0.05) is 6.54 Å². The minimum atomic E-state index is -3.65. The van der Waals surface area contributed by atoms with E-state index < -0.39 is 63.0 Å². The van der Waals surface area contributed by atoms with Crippen molar-refractivity contribution in [2.75, 3.05) is 12.3 Å². The molecular formula is C32H47N5O7S. The second kappa shape index (κ2) is 13.1. The average molecular weight is 646 g/mol. The van der Waals surface area contributed by atoms with Gasteiger partial charge in [-0.3, -0.25) is 19.2 Å². The zero-order valence-electron chi connectivity index (χ0n) is 26.8. The molecule has 45 heavy (non-hydrogen) atoms. The molecule has 248 valence electrons.